The second kappa shape index (κ2) is 10.4. The smallest absolute Gasteiger partial charge is 0.192 e. The maximum atomic E-state index is 11.2. The predicted molar refractivity (Wildman–Crippen MR) is 129 cm³/mol. The topological polar surface area (TPSA) is 54.0 Å². The van der Waals surface area contributed by atoms with Gasteiger partial charge in [0.05, 0.1) is 13.2 Å². The lowest BCUT2D eigenvalue weighted by molar-refractivity contribution is 0.112. The summed E-state index contributed by atoms with van der Waals surface area (Å²) < 4.78 is 24.2. The molecule has 7 heteroatoms. The van der Waals surface area contributed by atoms with Gasteiger partial charge in [-0.15, -0.1) is 0 Å². The molecule has 0 aromatic heterocycles. The van der Waals surface area contributed by atoms with E-state index < -0.39 is 16.6 Å². The second-order valence-corrected chi connectivity index (χ2v) is 20.4. The molecule has 0 radical (unpaired) electrons. The average Bonchev–Trinajstić information content (AvgIpc) is 2.61. The Bertz CT molecular complexity index is 688. The Labute approximate surface area is 185 Å². The average molecular weight is 455 g/mol. The quantitative estimate of drug-likeness (QED) is 0.223. The van der Waals surface area contributed by atoms with Crippen LogP contribution < -0.4 is 9.47 Å². The van der Waals surface area contributed by atoms with Gasteiger partial charge in [0.15, 0.2) is 28.1 Å². The van der Waals surface area contributed by atoms with Crippen LogP contribution in [0.3, 0.4) is 0 Å². The van der Waals surface area contributed by atoms with Crippen LogP contribution in [0.1, 0.15) is 51.9 Å². The van der Waals surface area contributed by atoms with Crippen molar-refractivity contribution in [1.29, 1.82) is 0 Å². The first-order chi connectivity index (χ1) is 13.6. The monoisotopic (exact) mass is 454 g/mol. The number of benzene rings is 1. The van der Waals surface area contributed by atoms with Crippen molar-refractivity contribution in [2.24, 2.45) is 0 Å². The Morgan fingerprint density at radius 2 is 1.17 bits per heavy atom. The van der Waals surface area contributed by atoms with Gasteiger partial charge < -0.3 is 18.3 Å². The van der Waals surface area contributed by atoms with Gasteiger partial charge in [0.1, 0.15) is 19.5 Å². The molecule has 1 aromatic rings. The van der Waals surface area contributed by atoms with Crippen LogP contribution in [0.4, 0.5) is 0 Å². The summed E-state index contributed by atoms with van der Waals surface area (Å²) in [5.74, 6) is 1.18. The summed E-state index contributed by atoms with van der Waals surface area (Å²) in [5.41, 5.74) is 0.556. The minimum atomic E-state index is -1.81. The van der Waals surface area contributed by atoms with Gasteiger partial charge in [-0.3, -0.25) is 4.79 Å². The first-order valence-electron chi connectivity index (χ1n) is 10.7. The normalized spacial score (nSPS) is 13.3. The number of aldehydes is 1. The van der Waals surface area contributed by atoms with E-state index in [4.69, 9.17) is 18.3 Å². The van der Waals surface area contributed by atoms with Crippen LogP contribution in [-0.2, 0) is 8.85 Å². The maximum absolute atomic E-state index is 11.2. The standard InChI is InChI=1S/C23H42O5Si2/c1-22(2,3)29(7,8)27-15-13-25-20-12-11-19(18-24)17-21(20)26-14-16-28-30(9,10)23(4,5)6/h11-12,17-18H,13-16H2,1-10H3. The van der Waals surface area contributed by atoms with Crippen molar-refractivity contribution in [2.75, 3.05) is 26.4 Å². The van der Waals surface area contributed by atoms with E-state index in [0.717, 1.165) is 6.29 Å². The molecule has 0 aliphatic rings. The highest BCUT2D eigenvalue weighted by molar-refractivity contribution is 6.74. The molecule has 0 atom stereocenters. The predicted octanol–water partition coefficient (Wildman–Crippen LogP) is 6.30. The Morgan fingerprint density at radius 1 is 0.733 bits per heavy atom. The lowest BCUT2D eigenvalue weighted by atomic mass is 10.2. The molecule has 0 heterocycles. The molecule has 1 rings (SSSR count). The lowest BCUT2D eigenvalue weighted by Crippen LogP contribution is -2.41. The molecule has 0 aliphatic carbocycles. The number of hydrogen-bond donors (Lipinski definition) is 0. The van der Waals surface area contributed by atoms with Crippen molar-refractivity contribution in [3.63, 3.8) is 0 Å². The zero-order chi connectivity index (χ0) is 23.2. The first kappa shape index (κ1) is 26.9. The van der Waals surface area contributed by atoms with Gasteiger partial charge in [-0.1, -0.05) is 41.5 Å². The van der Waals surface area contributed by atoms with E-state index in [1.165, 1.54) is 0 Å². The van der Waals surface area contributed by atoms with Gasteiger partial charge >= 0.3 is 0 Å². The van der Waals surface area contributed by atoms with Crippen LogP contribution in [-0.4, -0.2) is 49.3 Å². The maximum Gasteiger partial charge on any atom is 0.192 e. The van der Waals surface area contributed by atoms with E-state index in [2.05, 4.69) is 67.7 Å². The van der Waals surface area contributed by atoms with E-state index in [-0.39, 0.29) is 10.1 Å². The molecule has 0 aliphatic heterocycles. The highest BCUT2D eigenvalue weighted by Gasteiger charge is 2.37. The zero-order valence-electron chi connectivity index (χ0n) is 20.7. The minimum Gasteiger partial charge on any atom is -0.487 e. The third kappa shape index (κ3) is 7.83. The van der Waals surface area contributed by atoms with Crippen LogP contribution in [0.5, 0.6) is 11.5 Å². The number of ether oxygens (including phenoxy) is 2. The second-order valence-electron chi connectivity index (χ2n) is 10.7. The van der Waals surface area contributed by atoms with Crippen molar-refractivity contribution < 1.29 is 23.1 Å². The van der Waals surface area contributed by atoms with Gasteiger partial charge in [-0.25, -0.2) is 0 Å². The van der Waals surface area contributed by atoms with E-state index >= 15 is 0 Å². The molecule has 1 aromatic carbocycles. The number of carbonyl (C=O) groups excluding carboxylic acids is 1. The van der Waals surface area contributed by atoms with Crippen molar-refractivity contribution in [3.8, 4) is 11.5 Å². The third-order valence-corrected chi connectivity index (χ3v) is 15.4. The first-order valence-corrected chi connectivity index (χ1v) is 16.6. The zero-order valence-corrected chi connectivity index (χ0v) is 22.7. The summed E-state index contributed by atoms with van der Waals surface area (Å²) in [7, 11) is -3.62. The van der Waals surface area contributed by atoms with Crippen molar-refractivity contribution >= 4 is 22.9 Å². The summed E-state index contributed by atoms with van der Waals surface area (Å²) in [6, 6.07) is 5.22. The van der Waals surface area contributed by atoms with Crippen molar-refractivity contribution in [3.05, 3.63) is 23.8 Å². The molecule has 0 fully saturated rings. The fourth-order valence-electron chi connectivity index (χ4n) is 2.16. The Morgan fingerprint density at radius 3 is 1.57 bits per heavy atom. The molecule has 0 bridgehead atoms. The molecular formula is C23H42O5Si2. The number of hydrogen-bond acceptors (Lipinski definition) is 5. The molecule has 30 heavy (non-hydrogen) atoms. The van der Waals surface area contributed by atoms with Gasteiger partial charge in [-0.2, -0.15) is 0 Å². The molecule has 0 unspecified atom stereocenters. The van der Waals surface area contributed by atoms with Crippen LogP contribution in [0.25, 0.3) is 0 Å². The molecule has 172 valence electrons. The molecule has 0 saturated carbocycles. The largest absolute Gasteiger partial charge is 0.487 e. The van der Waals surface area contributed by atoms with E-state index in [0.29, 0.717) is 43.5 Å². The van der Waals surface area contributed by atoms with Crippen LogP contribution in [0, 0.1) is 0 Å². The Kier molecular flexibility index (Phi) is 9.35. The molecule has 0 spiro atoms. The number of rotatable bonds is 11. The summed E-state index contributed by atoms with van der Waals surface area (Å²) in [6.07, 6.45) is 0.809. The molecule has 0 N–H and O–H groups in total. The minimum absolute atomic E-state index is 0.156. The van der Waals surface area contributed by atoms with Crippen LogP contribution >= 0.6 is 0 Å². The Hall–Kier alpha value is -1.16. The van der Waals surface area contributed by atoms with E-state index in [9.17, 15) is 4.79 Å². The van der Waals surface area contributed by atoms with E-state index in [1.807, 2.05) is 0 Å². The fraction of sp³-hybridized carbons (Fsp3) is 0.696. The van der Waals surface area contributed by atoms with Gasteiger partial charge in [-0.05, 0) is 54.5 Å². The molecule has 0 saturated heterocycles. The lowest BCUT2D eigenvalue weighted by Gasteiger charge is -2.36. The summed E-state index contributed by atoms with van der Waals surface area (Å²) in [5, 5.41) is 0.319. The summed E-state index contributed by atoms with van der Waals surface area (Å²) >= 11 is 0. The molecule has 5 nitrogen and oxygen atoms in total. The van der Waals surface area contributed by atoms with Crippen molar-refractivity contribution in [2.45, 2.75) is 77.8 Å². The highest BCUT2D eigenvalue weighted by Crippen LogP contribution is 2.37. The van der Waals surface area contributed by atoms with Crippen molar-refractivity contribution in [1.82, 2.24) is 0 Å². The third-order valence-electron chi connectivity index (χ3n) is 6.32. The summed E-state index contributed by atoms with van der Waals surface area (Å²) in [6.45, 7) is 24.1. The highest BCUT2D eigenvalue weighted by atomic mass is 28.4. The summed E-state index contributed by atoms with van der Waals surface area (Å²) in [4.78, 5) is 11.2. The molecular weight excluding hydrogens is 412 g/mol. The van der Waals surface area contributed by atoms with Gasteiger partial charge in [0.2, 0.25) is 0 Å². The van der Waals surface area contributed by atoms with Crippen LogP contribution in [0.2, 0.25) is 36.3 Å². The molecule has 0 amide bonds. The number of carbonyl (C=O) groups is 1. The fourth-order valence-corrected chi connectivity index (χ4v) is 4.21. The van der Waals surface area contributed by atoms with Crippen LogP contribution in [0.15, 0.2) is 18.2 Å². The van der Waals surface area contributed by atoms with E-state index in [1.54, 1.807) is 18.2 Å². The SMILES string of the molecule is CC(C)(C)[Si](C)(C)OCCOc1ccc(C=O)cc1OCCO[Si](C)(C)C(C)(C)C. The van der Waals surface area contributed by atoms with Gasteiger partial charge in [0, 0.05) is 5.56 Å². The Balaban J connectivity index is 2.66. The van der Waals surface area contributed by atoms with Gasteiger partial charge in [0.25, 0.3) is 0 Å².